The van der Waals surface area contributed by atoms with Gasteiger partial charge in [0.1, 0.15) is 23.0 Å². The van der Waals surface area contributed by atoms with Gasteiger partial charge in [-0.25, -0.2) is 0 Å². The summed E-state index contributed by atoms with van der Waals surface area (Å²) in [7, 11) is 0. The molecule has 14 aromatic carbocycles. The first-order valence-electron chi connectivity index (χ1n) is 31.5. The molecule has 0 radical (unpaired) electrons. The van der Waals surface area contributed by atoms with Gasteiger partial charge in [0, 0.05) is 54.6 Å². The zero-order valence-corrected chi connectivity index (χ0v) is 50.1. The van der Waals surface area contributed by atoms with E-state index >= 15 is 0 Å². The average molecular weight is 1190 g/mol. The highest BCUT2D eigenvalue weighted by atomic mass is 16.5. The maximum Gasteiger partial charge on any atom is 0.260 e. The van der Waals surface area contributed by atoms with Crippen LogP contribution in [-0.4, -0.2) is 25.0 Å². The topological polar surface area (TPSA) is 56.6 Å². The van der Waals surface area contributed by atoms with Crippen LogP contribution in [0.15, 0.2) is 322 Å². The van der Waals surface area contributed by atoms with Gasteiger partial charge in [-0.1, -0.05) is 218 Å². The van der Waals surface area contributed by atoms with Crippen molar-refractivity contribution in [2.75, 3.05) is 0 Å². The highest BCUT2D eigenvalue weighted by molar-refractivity contribution is 6.98. The molecule has 0 spiro atoms. The van der Waals surface area contributed by atoms with Gasteiger partial charge >= 0.3 is 0 Å². The van der Waals surface area contributed by atoms with E-state index in [0.29, 0.717) is 11.5 Å². The molecule has 0 saturated carbocycles. The van der Waals surface area contributed by atoms with Crippen LogP contribution in [0, 0.1) is 0 Å². The lowest BCUT2D eigenvalue weighted by atomic mass is 9.34. The van der Waals surface area contributed by atoms with Crippen molar-refractivity contribution in [3.63, 3.8) is 0 Å². The summed E-state index contributed by atoms with van der Waals surface area (Å²) in [6.45, 7) is -0.0604. The van der Waals surface area contributed by atoms with E-state index in [-0.39, 0.29) is 6.71 Å². The molecule has 18 aromatic rings. The molecule has 0 fully saturated rings. The Labute approximate surface area is 534 Å². The van der Waals surface area contributed by atoms with Crippen LogP contribution in [0.2, 0.25) is 0 Å². The maximum absolute atomic E-state index is 7.03. The van der Waals surface area contributed by atoms with Crippen molar-refractivity contribution in [2.45, 2.75) is 0 Å². The number of rotatable bonds is 8. The van der Waals surface area contributed by atoms with Crippen molar-refractivity contribution >= 4 is 110 Å². The van der Waals surface area contributed by atoms with Gasteiger partial charge in [-0.05, 0) is 108 Å². The monoisotopic (exact) mass is 1190 g/mol. The van der Waals surface area contributed by atoms with Crippen LogP contribution in [0.4, 0.5) is 0 Å². The molecule has 0 unspecified atom stereocenters. The first kappa shape index (κ1) is 52.5. The zero-order chi connectivity index (χ0) is 61.1. The Hall–Kier alpha value is -12.5. The molecule has 0 amide bonds. The third-order valence-electron chi connectivity index (χ3n) is 18.7. The second kappa shape index (κ2) is 21.1. The Balaban J connectivity index is 0.000000133. The van der Waals surface area contributed by atoms with Gasteiger partial charge in [0.2, 0.25) is 0 Å². The Bertz CT molecular complexity index is 5470. The number of ether oxygens (including phenoxy) is 4. The van der Waals surface area contributed by atoms with E-state index in [1.54, 1.807) is 0 Å². The summed E-state index contributed by atoms with van der Waals surface area (Å²) in [6, 6.07) is 112. The number of aromatic nitrogens is 4. The van der Waals surface area contributed by atoms with Crippen molar-refractivity contribution in [1.82, 2.24) is 18.3 Å². The number of fused-ring (bicyclic) bond motifs is 16. The lowest BCUT2D eigenvalue weighted by Crippen LogP contribution is -2.57. The molecule has 0 atom stereocenters. The predicted molar refractivity (Wildman–Crippen MR) is 381 cm³/mol. The van der Waals surface area contributed by atoms with E-state index in [9.17, 15) is 0 Å². The van der Waals surface area contributed by atoms with Crippen LogP contribution >= 0.6 is 0 Å². The molecule has 2 aliphatic rings. The third-order valence-corrected chi connectivity index (χ3v) is 18.7. The van der Waals surface area contributed by atoms with Crippen LogP contribution in [0.5, 0.6) is 46.0 Å². The quantitative estimate of drug-likeness (QED) is 0.142. The first-order valence-corrected chi connectivity index (χ1v) is 31.5. The smallest absolute Gasteiger partial charge is 0.260 e. The van der Waals surface area contributed by atoms with Crippen LogP contribution in [0.3, 0.4) is 0 Å². The Morgan fingerprint density at radius 1 is 0.237 bits per heavy atom. The van der Waals surface area contributed by atoms with Crippen molar-refractivity contribution < 1.29 is 18.9 Å². The summed E-state index contributed by atoms with van der Waals surface area (Å²) in [5.74, 6) is 6.28. The fourth-order valence-electron chi connectivity index (χ4n) is 14.8. The molecule has 0 saturated heterocycles. The molecule has 436 valence electrons. The molecule has 20 rings (SSSR count). The summed E-state index contributed by atoms with van der Waals surface area (Å²) < 4.78 is 36.9. The van der Waals surface area contributed by atoms with Gasteiger partial charge in [-0.15, -0.1) is 0 Å². The van der Waals surface area contributed by atoms with Gasteiger partial charge in [0.15, 0.2) is 23.0 Å². The summed E-state index contributed by atoms with van der Waals surface area (Å²) in [5, 5.41) is 9.58. The zero-order valence-electron chi connectivity index (χ0n) is 50.1. The second-order valence-electron chi connectivity index (χ2n) is 23.8. The molecule has 0 bridgehead atoms. The Morgan fingerprint density at radius 3 is 0.796 bits per heavy atom. The largest absolute Gasteiger partial charge is 0.456 e. The molecule has 8 nitrogen and oxygen atoms in total. The van der Waals surface area contributed by atoms with E-state index in [0.717, 1.165) is 118 Å². The Morgan fingerprint density at radius 2 is 0.484 bits per heavy atom. The molecule has 93 heavy (non-hydrogen) atoms. The van der Waals surface area contributed by atoms with Gasteiger partial charge in [-0.2, -0.15) is 0 Å². The normalized spacial score (nSPS) is 12.2. The predicted octanol–water partition coefficient (Wildman–Crippen LogP) is 20.1. The van der Waals surface area contributed by atoms with Crippen LogP contribution in [-0.2, 0) is 0 Å². The number of benzene rings is 14. The minimum absolute atomic E-state index is 0.0604. The maximum atomic E-state index is 7.03. The minimum Gasteiger partial charge on any atom is -0.456 e. The van der Waals surface area contributed by atoms with Gasteiger partial charge in [-0.3, -0.25) is 0 Å². The van der Waals surface area contributed by atoms with Crippen molar-refractivity contribution in [2.24, 2.45) is 0 Å². The van der Waals surface area contributed by atoms with Crippen molar-refractivity contribution in [1.29, 1.82) is 0 Å². The SMILES string of the molecule is c1ccc(Oc2cc(Oc3ccccc3)c(-n3c4ccccc4c4ccccc43)cc2-n2c3ccccc3c3ccccc32)cc1.c1ccc2c(c1)Oc1c(-n3c4ccccc4c4ccccc43)cc(-n3c4ccccc4c4ccccc43)c3c1B2c1ccccc1O3. The summed E-state index contributed by atoms with van der Waals surface area (Å²) in [5.41, 5.74) is 16.1. The van der Waals surface area contributed by atoms with Crippen molar-refractivity contribution in [3.05, 3.63) is 322 Å². The van der Waals surface area contributed by atoms with E-state index in [2.05, 4.69) is 273 Å². The number of nitrogens with zero attached hydrogens (tertiary/aromatic N) is 4. The minimum atomic E-state index is -0.0604. The van der Waals surface area contributed by atoms with Gasteiger partial charge in [0.05, 0.1) is 66.9 Å². The summed E-state index contributed by atoms with van der Waals surface area (Å²) in [6.07, 6.45) is 0. The number of para-hydroxylation sites is 12. The molecule has 2 aliphatic heterocycles. The molecule has 6 heterocycles. The fourth-order valence-corrected chi connectivity index (χ4v) is 14.8. The molecule has 0 aliphatic carbocycles. The highest BCUT2D eigenvalue weighted by Gasteiger charge is 2.43. The highest BCUT2D eigenvalue weighted by Crippen LogP contribution is 2.48. The summed E-state index contributed by atoms with van der Waals surface area (Å²) >= 11 is 0. The number of hydrogen-bond acceptors (Lipinski definition) is 4. The van der Waals surface area contributed by atoms with E-state index in [4.69, 9.17) is 18.9 Å². The molecular formula is C84H53BN4O4. The third kappa shape index (κ3) is 8.20. The fraction of sp³-hybridized carbons (Fsp3) is 0. The van der Waals surface area contributed by atoms with Gasteiger partial charge < -0.3 is 37.2 Å². The summed E-state index contributed by atoms with van der Waals surface area (Å²) in [4.78, 5) is 0. The standard InChI is InChI=1S/C42H25BN2O2.C42H28N2O2/c1-7-19-32-26(13-1)27-14-2-8-20-33(27)44(32)36-25-37(45-34-21-9-3-15-28(34)29-16-4-10-22-35(29)45)42-40-41(36)46-38-23-11-5-17-30(38)43(40)31-18-6-12-24-39(31)47-42;1-3-15-29(16-4-1)45-41-28-42(46-30-17-5-2-6-18-30)40(44-37-25-13-9-21-33(37)34-22-10-14-26-38(34)44)27-39(41)43-35-23-11-7-19-31(35)32-20-8-12-24-36(32)43/h1-25H;1-28H. The van der Waals surface area contributed by atoms with Crippen LogP contribution < -0.4 is 35.3 Å². The van der Waals surface area contributed by atoms with E-state index in [1.807, 2.05) is 66.7 Å². The van der Waals surface area contributed by atoms with Crippen LogP contribution in [0.1, 0.15) is 0 Å². The number of hydrogen-bond donors (Lipinski definition) is 0. The first-order chi connectivity index (χ1) is 46.2. The van der Waals surface area contributed by atoms with E-state index in [1.165, 1.54) is 43.1 Å². The lowest BCUT2D eigenvalue weighted by molar-refractivity contribution is 0.458. The van der Waals surface area contributed by atoms with Gasteiger partial charge in [0.25, 0.3) is 6.71 Å². The van der Waals surface area contributed by atoms with Crippen molar-refractivity contribution in [3.8, 4) is 68.7 Å². The Kier molecular flexibility index (Phi) is 11.9. The van der Waals surface area contributed by atoms with E-state index < -0.39 is 0 Å². The molecule has 4 aromatic heterocycles. The lowest BCUT2D eigenvalue weighted by Gasteiger charge is -2.35. The molecular weight excluding hydrogens is 1140 g/mol. The average Bonchev–Trinajstić information content (AvgIpc) is 1.67. The molecule has 0 N–H and O–H groups in total. The van der Waals surface area contributed by atoms with Crippen LogP contribution in [0.25, 0.3) is 110 Å². The second-order valence-corrected chi connectivity index (χ2v) is 23.8. The molecule has 9 heteroatoms.